The molecule has 20 heavy (non-hydrogen) atoms. The van der Waals surface area contributed by atoms with Gasteiger partial charge in [0.05, 0.1) is 12.6 Å². The second kappa shape index (κ2) is 6.31. The first-order valence-corrected chi connectivity index (χ1v) is 9.29. The molecule has 0 spiro atoms. The maximum absolute atomic E-state index is 12.2. The van der Waals surface area contributed by atoms with Crippen LogP contribution in [0.15, 0.2) is 21.9 Å². The van der Waals surface area contributed by atoms with Gasteiger partial charge in [-0.15, -0.1) is 22.7 Å². The van der Waals surface area contributed by atoms with E-state index in [4.69, 9.17) is 5.11 Å². The van der Waals surface area contributed by atoms with Gasteiger partial charge in [-0.2, -0.15) is 0 Å². The molecule has 8 heteroatoms. The maximum atomic E-state index is 12.2. The van der Waals surface area contributed by atoms with Crippen LogP contribution < -0.4 is 4.72 Å². The Labute approximate surface area is 126 Å². The standard InChI is InChI=1S/C12H16N2O3S3/c1-3-10-5-13-12(19-10)8(2)14-20(16,17)11-4-9(6-15)7-18-11/h4-5,7-8,14-15H,3,6H2,1-2H3. The number of hydrogen-bond acceptors (Lipinski definition) is 6. The number of sulfonamides is 1. The zero-order valence-electron chi connectivity index (χ0n) is 11.2. The summed E-state index contributed by atoms with van der Waals surface area (Å²) in [5, 5.41) is 11.4. The van der Waals surface area contributed by atoms with Crippen molar-refractivity contribution in [1.29, 1.82) is 0 Å². The van der Waals surface area contributed by atoms with E-state index >= 15 is 0 Å². The summed E-state index contributed by atoms with van der Waals surface area (Å²) in [5.74, 6) is 0. The zero-order chi connectivity index (χ0) is 14.8. The normalized spacial score (nSPS) is 13.6. The van der Waals surface area contributed by atoms with E-state index in [0.717, 1.165) is 27.6 Å². The van der Waals surface area contributed by atoms with E-state index in [1.54, 1.807) is 18.5 Å². The summed E-state index contributed by atoms with van der Waals surface area (Å²) in [5.41, 5.74) is 0.602. The maximum Gasteiger partial charge on any atom is 0.250 e. The third kappa shape index (κ3) is 3.44. The van der Waals surface area contributed by atoms with Crippen molar-refractivity contribution in [2.45, 2.75) is 37.1 Å². The molecule has 2 N–H and O–H groups in total. The second-order valence-electron chi connectivity index (χ2n) is 4.29. The van der Waals surface area contributed by atoms with Crippen molar-refractivity contribution in [3.63, 3.8) is 0 Å². The highest BCUT2D eigenvalue weighted by Crippen LogP contribution is 2.25. The van der Waals surface area contributed by atoms with Crippen molar-refractivity contribution in [2.75, 3.05) is 0 Å². The first kappa shape index (κ1) is 15.6. The molecule has 2 aromatic heterocycles. The molecule has 0 fully saturated rings. The highest BCUT2D eigenvalue weighted by Gasteiger charge is 2.21. The molecular weight excluding hydrogens is 316 g/mol. The monoisotopic (exact) mass is 332 g/mol. The molecule has 0 aliphatic carbocycles. The molecule has 0 bridgehead atoms. The summed E-state index contributed by atoms with van der Waals surface area (Å²) in [6.45, 7) is 3.65. The Hall–Kier alpha value is -0.800. The van der Waals surface area contributed by atoms with Gasteiger partial charge in [0.25, 0.3) is 10.0 Å². The van der Waals surface area contributed by atoms with E-state index < -0.39 is 10.0 Å². The molecule has 1 atom stereocenters. The first-order valence-electron chi connectivity index (χ1n) is 6.11. The van der Waals surface area contributed by atoms with Gasteiger partial charge in [0, 0.05) is 11.1 Å². The van der Waals surface area contributed by atoms with Gasteiger partial charge in [-0.25, -0.2) is 18.1 Å². The quantitative estimate of drug-likeness (QED) is 0.851. The Bertz CT molecular complexity index is 676. The number of thiophene rings is 1. The minimum Gasteiger partial charge on any atom is -0.392 e. The summed E-state index contributed by atoms with van der Waals surface area (Å²) < 4.78 is 27.3. The molecule has 0 saturated carbocycles. The minimum atomic E-state index is -3.57. The summed E-state index contributed by atoms with van der Waals surface area (Å²) in [6, 6.07) is 1.11. The van der Waals surface area contributed by atoms with E-state index in [1.807, 2.05) is 6.92 Å². The van der Waals surface area contributed by atoms with Crippen molar-refractivity contribution in [3.8, 4) is 0 Å². The summed E-state index contributed by atoms with van der Waals surface area (Å²) in [7, 11) is -3.57. The van der Waals surface area contributed by atoms with E-state index in [-0.39, 0.29) is 16.9 Å². The van der Waals surface area contributed by atoms with E-state index in [9.17, 15) is 8.42 Å². The predicted octanol–water partition coefficient (Wildman–Crippen LogP) is 2.30. The van der Waals surface area contributed by atoms with Crippen LogP contribution in [-0.4, -0.2) is 18.5 Å². The number of aliphatic hydroxyl groups is 1. The molecule has 0 amide bonds. The van der Waals surface area contributed by atoms with Crippen LogP contribution >= 0.6 is 22.7 Å². The van der Waals surface area contributed by atoms with Crippen molar-refractivity contribution < 1.29 is 13.5 Å². The van der Waals surface area contributed by atoms with Gasteiger partial charge in [0.2, 0.25) is 0 Å². The lowest BCUT2D eigenvalue weighted by atomic mass is 10.4. The lowest BCUT2D eigenvalue weighted by molar-refractivity contribution is 0.282. The molecule has 0 aliphatic rings. The summed E-state index contributed by atoms with van der Waals surface area (Å²) in [4.78, 5) is 5.37. The third-order valence-electron chi connectivity index (χ3n) is 2.70. The lowest BCUT2D eigenvalue weighted by Gasteiger charge is -2.10. The molecule has 0 saturated heterocycles. The Morgan fingerprint density at radius 2 is 2.25 bits per heavy atom. The number of hydrogen-bond donors (Lipinski definition) is 2. The number of nitrogens with zero attached hydrogens (tertiary/aromatic N) is 1. The smallest absolute Gasteiger partial charge is 0.250 e. The molecule has 5 nitrogen and oxygen atoms in total. The molecule has 2 heterocycles. The van der Waals surface area contributed by atoms with Crippen LogP contribution in [0.3, 0.4) is 0 Å². The lowest BCUT2D eigenvalue weighted by Crippen LogP contribution is -2.26. The van der Waals surface area contributed by atoms with Crippen LogP contribution in [0.4, 0.5) is 0 Å². The summed E-state index contributed by atoms with van der Waals surface area (Å²) in [6.07, 6.45) is 2.67. The van der Waals surface area contributed by atoms with Crippen LogP contribution in [0.2, 0.25) is 0 Å². The van der Waals surface area contributed by atoms with Crippen LogP contribution in [0, 0.1) is 0 Å². The van der Waals surface area contributed by atoms with Gasteiger partial charge in [-0.3, -0.25) is 0 Å². The highest BCUT2D eigenvalue weighted by molar-refractivity contribution is 7.91. The minimum absolute atomic E-state index is 0.159. The average molecular weight is 332 g/mol. The van der Waals surface area contributed by atoms with Crippen LogP contribution in [0.1, 0.15) is 35.3 Å². The van der Waals surface area contributed by atoms with Crippen molar-refractivity contribution in [1.82, 2.24) is 9.71 Å². The summed E-state index contributed by atoms with van der Waals surface area (Å²) >= 11 is 2.61. The number of nitrogens with one attached hydrogen (secondary N) is 1. The van der Waals surface area contributed by atoms with Gasteiger partial charge >= 0.3 is 0 Å². The first-order chi connectivity index (χ1) is 9.46. The molecule has 0 aromatic carbocycles. The van der Waals surface area contributed by atoms with Crippen molar-refractivity contribution in [3.05, 3.63) is 33.1 Å². The van der Waals surface area contributed by atoms with Gasteiger partial charge in [-0.1, -0.05) is 6.92 Å². The Balaban J connectivity index is 2.15. The van der Waals surface area contributed by atoms with E-state index in [1.165, 1.54) is 17.4 Å². The Kier molecular flexibility index (Phi) is 4.92. The van der Waals surface area contributed by atoms with Crippen LogP contribution in [-0.2, 0) is 23.1 Å². The number of rotatable bonds is 6. The SMILES string of the molecule is CCc1cnc(C(C)NS(=O)(=O)c2cc(CO)cs2)s1. The highest BCUT2D eigenvalue weighted by atomic mass is 32.2. The van der Waals surface area contributed by atoms with Gasteiger partial charge in [0.1, 0.15) is 9.22 Å². The zero-order valence-corrected chi connectivity index (χ0v) is 13.6. The van der Waals surface area contributed by atoms with Crippen LogP contribution in [0.25, 0.3) is 0 Å². The van der Waals surface area contributed by atoms with E-state index in [0.29, 0.717) is 5.56 Å². The average Bonchev–Trinajstić information content (AvgIpc) is 3.07. The molecule has 110 valence electrons. The van der Waals surface area contributed by atoms with Crippen molar-refractivity contribution >= 4 is 32.7 Å². The number of aliphatic hydroxyl groups excluding tert-OH is 1. The fourth-order valence-corrected chi connectivity index (χ4v) is 4.96. The topological polar surface area (TPSA) is 79.3 Å². The third-order valence-corrected chi connectivity index (χ3v) is 7.05. The largest absolute Gasteiger partial charge is 0.392 e. The Morgan fingerprint density at radius 1 is 1.50 bits per heavy atom. The fourth-order valence-electron chi connectivity index (χ4n) is 1.60. The molecular formula is C12H16N2O3S3. The van der Waals surface area contributed by atoms with Gasteiger partial charge < -0.3 is 5.11 Å². The molecule has 0 aliphatic heterocycles. The number of thiazole rings is 1. The van der Waals surface area contributed by atoms with Gasteiger partial charge in [0.15, 0.2) is 0 Å². The Morgan fingerprint density at radius 3 is 2.80 bits per heavy atom. The fraction of sp³-hybridized carbons (Fsp3) is 0.417. The second-order valence-corrected chi connectivity index (χ2v) is 8.29. The number of aromatic nitrogens is 1. The van der Waals surface area contributed by atoms with Crippen LogP contribution in [0.5, 0.6) is 0 Å². The molecule has 2 aromatic rings. The molecule has 1 unspecified atom stereocenters. The van der Waals surface area contributed by atoms with Gasteiger partial charge in [-0.05, 0) is 30.4 Å². The predicted molar refractivity (Wildman–Crippen MR) is 80.5 cm³/mol. The van der Waals surface area contributed by atoms with E-state index in [2.05, 4.69) is 9.71 Å². The number of aryl methyl sites for hydroxylation is 1. The van der Waals surface area contributed by atoms with Crippen molar-refractivity contribution in [2.24, 2.45) is 0 Å². The molecule has 0 radical (unpaired) electrons. The molecule has 2 rings (SSSR count).